The molecule has 2 aromatic carbocycles. The van der Waals surface area contributed by atoms with Crippen molar-refractivity contribution in [3.63, 3.8) is 0 Å². The predicted molar refractivity (Wildman–Crippen MR) is 115 cm³/mol. The van der Waals surface area contributed by atoms with Gasteiger partial charge in [-0.1, -0.05) is 29.8 Å². The number of amides is 2. The fourth-order valence-corrected chi connectivity index (χ4v) is 2.99. The maximum atomic E-state index is 12.4. The van der Waals surface area contributed by atoms with E-state index in [2.05, 4.69) is 15.7 Å². The van der Waals surface area contributed by atoms with Crippen LogP contribution in [0.4, 0.5) is 5.69 Å². The van der Waals surface area contributed by atoms with E-state index in [4.69, 9.17) is 0 Å². The molecule has 0 radical (unpaired) electrons. The number of carbonyl (C=O) groups excluding carboxylic acids is 2. The summed E-state index contributed by atoms with van der Waals surface area (Å²) in [5.41, 5.74) is 5.85. The molecule has 2 amide bonds. The molecule has 1 heterocycles. The molecule has 0 aliphatic rings. The van der Waals surface area contributed by atoms with Crippen LogP contribution in [0.1, 0.15) is 32.9 Å². The number of carbonyl (C=O) groups is 2. The first-order chi connectivity index (χ1) is 13.9. The van der Waals surface area contributed by atoms with Crippen LogP contribution in [0.3, 0.4) is 0 Å². The highest BCUT2D eigenvalue weighted by Crippen LogP contribution is 2.23. The molecule has 0 bridgehead atoms. The predicted octanol–water partition coefficient (Wildman–Crippen LogP) is 3.81. The second kappa shape index (κ2) is 8.56. The molecule has 0 unspecified atom stereocenters. The lowest BCUT2D eigenvalue weighted by Gasteiger charge is -2.06. The fourth-order valence-electron chi connectivity index (χ4n) is 2.99. The van der Waals surface area contributed by atoms with Gasteiger partial charge in [0.2, 0.25) is 5.91 Å². The number of nitrogens with one attached hydrogen (secondary N) is 2. The maximum Gasteiger partial charge on any atom is 0.251 e. The van der Waals surface area contributed by atoms with E-state index in [1.54, 1.807) is 37.4 Å². The van der Waals surface area contributed by atoms with E-state index in [0.29, 0.717) is 11.3 Å². The van der Waals surface area contributed by atoms with Gasteiger partial charge in [-0.25, -0.2) is 4.68 Å². The normalized spacial score (nSPS) is 10.9. The topological polar surface area (TPSA) is 76.0 Å². The summed E-state index contributed by atoms with van der Waals surface area (Å²) in [6.45, 7) is 5.83. The lowest BCUT2D eigenvalue weighted by molar-refractivity contribution is -0.111. The molecule has 0 aliphatic heterocycles. The van der Waals surface area contributed by atoms with Crippen LogP contribution < -0.4 is 10.6 Å². The molecule has 0 saturated heterocycles. The van der Waals surface area contributed by atoms with Gasteiger partial charge in [0.15, 0.2) is 0 Å². The SMILES string of the molecule is CNC(=O)c1ccc(/C=C/C(=O)Nc2c(C)nn(-c3ccc(C)cc3)c2C)cc1. The van der Waals surface area contributed by atoms with E-state index in [9.17, 15) is 9.59 Å². The summed E-state index contributed by atoms with van der Waals surface area (Å²) in [5.74, 6) is -0.384. The molecule has 0 spiro atoms. The summed E-state index contributed by atoms with van der Waals surface area (Å²) in [7, 11) is 1.59. The maximum absolute atomic E-state index is 12.4. The van der Waals surface area contributed by atoms with Gasteiger partial charge in [-0.3, -0.25) is 9.59 Å². The molecule has 29 heavy (non-hydrogen) atoms. The number of anilines is 1. The minimum Gasteiger partial charge on any atom is -0.355 e. The van der Waals surface area contributed by atoms with Gasteiger partial charge in [0.1, 0.15) is 0 Å². The third kappa shape index (κ3) is 4.60. The minimum absolute atomic E-state index is 0.144. The summed E-state index contributed by atoms with van der Waals surface area (Å²) in [6.07, 6.45) is 3.18. The van der Waals surface area contributed by atoms with Crippen LogP contribution in [0, 0.1) is 20.8 Å². The first-order valence-electron chi connectivity index (χ1n) is 9.33. The van der Waals surface area contributed by atoms with Crippen molar-refractivity contribution in [1.82, 2.24) is 15.1 Å². The molecule has 3 rings (SSSR count). The third-order valence-electron chi connectivity index (χ3n) is 4.65. The highest BCUT2D eigenvalue weighted by Gasteiger charge is 2.14. The summed E-state index contributed by atoms with van der Waals surface area (Å²) >= 11 is 0. The molecule has 0 fully saturated rings. The molecule has 2 N–H and O–H groups in total. The van der Waals surface area contributed by atoms with E-state index in [1.165, 1.54) is 11.6 Å². The number of hydrogen-bond acceptors (Lipinski definition) is 3. The Morgan fingerprint density at radius 2 is 1.62 bits per heavy atom. The second-order valence-corrected chi connectivity index (χ2v) is 6.82. The van der Waals surface area contributed by atoms with Gasteiger partial charge < -0.3 is 10.6 Å². The number of nitrogens with zero attached hydrogens (tertiary/aromatic N) is 2. The van der Waals surface area contributed by atoms with Crippen molar-refractivity contribution < 1.29 is 9.59 Å². The Labute approximate surface area is 170 Å². The smallest absolute Gasteiger partial charge is 0.251 e. The van der Waals surface area contributed by atoms with Gasteiger partial charge in [-0.05, 0) is 56.7 Å². The fraction of sp³-hybridized carbons (Fsp3) is 0.174. The van der Waals surface area contributed by atoms with Crippen LogP contribution in [-0.4, -0.2) is 28.6 Å². The number of benzene rings is 2. The van der Waals surface area contributed by atoms with Crippen molar-refractivity contribution in [1.29, 1.82) is 0 Å². The minimum atomic E-state index is -0.241. The number of rotatable bonds is 5. The lowest BCUT2D eigenvalue weighted by Crippen LogP contribution is -2.17. The van der Waals surface area contributed by atoms with E-state index in [1.807, 2.05) is 49.7 Å². The quantitative estimate of drug-likeness (QED) is 0.653. The zero-order chi connectivity index (χ0) is 21.0. The van der Waals surface area contributed by atoms with E-state index in [0.717, 1.165) is 22.6 Å². The Morgan fingerprint density at radius 3 is 2.24 bits per heavy atom. The highest BCUT2D eigenvalue weighted by molar-refractivity contribution is 6.02. The van der Waals surface area contributed by atoms with Crippen LogP contribution in [0.15, 0.2) is 54.6 Å². The van der Waals surface area contributed by atoms with Crippen molar-refractivity contribution in [2.24, 2.45) is 0 Å². The Morgan fingerprint density at radius 1 is 0.966 bits per heavy atom. The largest absolute Gasteiger partial charge is 0.355 e. The molecule has 0 saturated carbocycles. The lowest BCUT2D eigenvalue weighted by atomic mass is 10.1. The van der Waals surface area contributed by atoms with Crippen molar-refractivity contribution in [3.05, 3.63) is 82.7 Å². The number of hydrogen-bond donors (Lipinski definition) is 2. The van der Waals surface area contributed by atoms with Gasteiger partial charge in [0.05, 0.1) is 22.8 Å². The Bertz CT molecular complexity index is 1060. The van der Waals surface area contributed by atoms with Gasteiger partial charge in [-0.2, -0.15) is 5.10 Å². The molecule has 148 valence electrons. The van der Waals surface area contributed by atoms with E-state index in [-0.39, 0.29) is 11.8 Å². The molecule has 0 atom stereocenters. The summed E-state index contributed by atoms with van der Waals surface area (Å²) in [6, 6.07) is 15.1. The molecular formula is C23H24N4O2. The molecule has 0 aliphatic carbocycles. The van der Waals surface area contributed by atoms with Gasteiger partial charge in [0, 0.05) is 18.7 Å². The standard InChI is InChI=1S/C23H24N4O2/c1-15-5-12-20(13-6-15)27-17(3)22(16(2)26-27)25-21(28)14-9-18-7-10-19(11-8-18)23(29)24-4/h5-14H,1-4H3,(H,24,29)(H,25,28)/b14-9+. The first kappa shape index (κ1) is 20.1. The van der Waals surface area contributed by atoms with Gasteiger partial charge in [0.25, 0.3) is 5.91 Å². The Balaban J connectivity index is 1.73. The zero-order valence-electron chi connectivity index (χ0n) is 17.0. The summed E-state index contributed by atoms with van der Waals surface area (Å²) in [5, 5.41) is 10.0. The zero-order valence-corrected chi connectivity index (χ0v) is 17.0. The average Bonchev–Trinajstić information content (AvgIpc) is 3.01. The Kier molecular flexibility index (Phi) is 5.93. The van der Waals surface area contributed by atoms with Crippen LogP contribution in [0.25, 0.3) is 11.8 Å². The number of aryl methyl sites for hydroxylation is 2. The third-order valence-corrected chi connectivity index (χ3v) is 4.65. The summed E-state index contributed by atoms with van der Waals surface area (Å²) < 4.78 is 1.83. The molecule has 6 heteroatoms. The molecular weight excluding hydrogens is 364 g/mol. The molecule has 1 aromatic heterocycles. The highest BCUT2D eigenvalue weighted by atomic mass is 16.2. The van der Waals surface area contributed by atoms with Gasteiger partial charge in [-0.15, -0.1) is 0 Å². The Hall–Kier alpha value is -3.67. The van der Waals surface area contributed by atoms with Crippen molar-refractivity contribution in [2.75, 3.05) is 12.4 Å². The van der Waals surface area contributed by atoms with Crippen LogP contribution in [0.5, 0.6) is 0 Å². The monoisotopic (exact) mass is 388 g/mol. The van der Waals surface area contributed by atoms with Crippen molar-refractivity contribution in [2.45, 2.75) is 20.8 Å². The summed E-state index contributed by atoms with van der Waals surface area (Å²) in [4.78, 5) is 24.0. The van der Waals surface area contributed by atoms with Crippen LogP contribution in [0.2, 0.25) is 0 Å². The number of aromatic nitrogens is 2. The first-order valence-corrected chi connectivity index (χ1v) is 9.33. The van der Waals surface area contributed by atoms with Crippen LogP contribution >= 0.6 is 0 Å². The van der Waals surface area contributed by atoms with Gasteiger partial charge >= 0.3 is 0 Å². The average molecular weight is 388 g/mol. The molecule has 3 aromatic rings. The van der Waals surface area contributed by atoms with Crippen LogP contribution in [-0.2, 0) is 4.79 Å². The van der Waals surface area contributed by atoms with Crippen molar-refractivity contribution >= 4 is 23.6 Å². The van der Waals surface area contributed by atoms with E-state index < -0.39 is 0 Å². The van der Waals surface area contributed by atoms with E-state index >= 15 is 0 Å². The van der Waals surface area contributed by atoms with Crippen molar-refractivity contribution in [3.8, 4) is 5.69 Å². The second-order valence-electron chi connectivity index (χ2n) is 6.82. The molecule has 6 nitrogen and oxygen atoms in total.